The molecule has 5 nitrogen and oxygen atoms in total. The number of esters is 1. The fourth-order valence-electron chi connectivity index (χ4n) is 1.79. The molecule has 0 aliphatic rings. The predicted octanol–water partition coefficient (Wildman–Crippen LogP) is 3.68. The van der Waals surface area contributed by atoms with Crippen molar-refractivity contribution >= 4 is 29.3 Å². The van der Waals surface area contributed by atoms with Gasteiger partial charge in [-0.15, -0.1) is 0 Å². The Labute approximate surface area is 152 Å². The molecule has 0 saturated carbocycles. The van der Waals surface area contributed by atoms with Gasteiger partial charge in [-0.1, -0.05) is 29.5 Å². The molecule has 9 heteroatoms. The van der Waals surface area contributed by atoms with E-state index in [1.807, 2.05) is 19.1 Å². The Morgan fingerprint density at radius 1 is 1.15 bits per heavy atom. The van der Waals surface area contributed by atoms with Crippen molar-refractivity contribution in [3.05, 3.63) is 53.7 Å². The highest BCUT2D eigenvalue weighted by atomic mass is 32.2. The number of alkyl halides is 3. The summed E-state index contributed by atoms with van der Waals surface area (Å²) < 4.78 is 42.1. The Balaban J connectivity index is 1.73. The van der Waals surface area contributed by atoms with Gasteiger partial charge in [-0.2, -0.15) is 13.2 Å². The van der Waals surface area contributed by atoms with Crippen LogP contribution in [0.4, 0.5) is 18.9 Å². The first-order valence-corrected chi connectivity index (χ1v) is 8.41. The number of halogens is 3. The number of hydrogen-bond acceptors (Lipinski definition) is 5. The third-order valence-electron chi connectivity index (χ3n) is 3.10. The van der Waals surface area contributed by atoms with E-state index in [1.54, 1.807) is 12.1 Å². The van der Waals surface area contributed by atoms with Gasteiger partial charge in [0, 0.05) is 11.9 Å². The van der Waals surface area contributed by atoms with Gasteiger partial charge in [0.25, 0.3) is 5.91 Å². The molecule has 26 heavy (non-hydrogen) atoms. The fraction of sp³-hybridized carbons (Fsp3) is 0.235. The molecule has 1 aromatic heterocycles. The summed E-state index contributed by atoms with van der Waals surface area (Å²) in [5.74, 6) is -1.33. The number of nitrogens with zero attached hydrogens (tertiary/aromatic N) is 1. The maximum Gasteiger partial charge on any atom is 0.417 e. The number of thioether (sulfide) groups is 1. The number of carbonyl (C=O) groups excluding carboxylic acids is 2. The number of hydrogen-bond donors (Lipinski definition) is 1. The van der Waals surface area contributed by atoms with Gasteiger partial charge in [0.15, 0.2) is 6.61 Å². The molecule has 0 spiro atoms. The van der Waals surface area contributed by atoms with Gasteiger partial charge >= 0.3 is 12.1 Å². The molecule has 1 heterocycles. The lowest BCUT2D eigenvalue weighted by atomic mass is 10.2. The average Bonchev–Trinajstić information content (AvgIpc) is 2.60. The van der Waals surface area contributed by atoms with E-state index in [0.29, 0.717) is 11.9 Å². The molecule has 2 rings (SSSR count). The smallest absolute Gasteiger partial charge is 0.417 e. The molecule has 0 aliphatic heterocycles. The number of anilines is 1. The lowest BCUT2D eigenvalue weighted by molar-refractivity contribution is -0.144. The topological polar surface area (TPSA) is 68.3 Å². The van der Waals surface area contributed by atoms with Crippen molar-refractivity contribution in [1.29, 1.82) is 0 Å². The Bertz CT molecular complexity index is 762. The highest BCUT2D eigenvalue weighted by Gasteiger charge is 2.30. The number of ether oxygens (including phenoxy) is 1. The molecule has 0 unspecified atom stereocenters. The van der Waals surface area contributed by atoms with Crippen molar-refractivity contribution in [2.45, 2.75) is 18.1 Å². The minimum absolute atomic E-state index is 0.170. The van der Waals surface area contributed by atoms with Crippen LogP contribution in [0.1, 0.15) is 11.1 Å². The number of aromatic nitrogens is 1. The minimum atomic E-state index is -4.46. The normalized spacial score (nSPS) is 11.1. The van der Waals surface area contributed by atoms with Crippen LogP contribution in [0.5, 0.6) is 0 Å². The fourth-order valence-corrected chi connectivity index (χ4v) is 2.43. The summed E-state index contributed by atoms with van der Waals surface area (Å²) in [6.45, 7) is 1.46. The lowest BCUT2D eigenvalue weighted by Crippen LogP contribution is -2.21. The van der Waals surface area contributed by atoms with Gasteiger partial charge in [-0.3, -0.25) is 9.59 Å². The second-order valence-electron chi connectivity index (χ2n) is 5.25. The highest BCUT2D eigenvalue weighted by Crippen LogP contribution is 2.29. The van der Waals surface area contributed by atoms with Crippen molar-refractivity contribution in [2.24, 2.45) is 0 Å². The largest absolute Gasteiger partial charge is 0.455 e. The van der Waals surface area contributed by atoms with Crippen LogP contribution in [0.25, 0.3) is 0 Å². The van der Waals surface area contributed by atoms with Crippen LogP contribution in [0, 0.1) is 6.92 Å². The lowest BCUT2D eigenvalue weighted by Gasteiger charge is -2.08. The number of nitrogens with one attached hydrogen (secondary N) is 1. The first kappa shape index (κ1) is 19.8. The van der Waals surface area contributed by atoms with E-state index in [-0.39, 0.29) is 10.8 Å². The van der Waals surface area contributed by atoms with Crippen molar-refractivity contribution in [1.82, 2.24) is 4.98 Å². The third kappa shape index (κ3) is 6.40. The van der Waals surface area contributed by atoms with Crippen LogP contribution in [0.3, 0.4) is 0 Å². The Morgan fingerprint density at radius 2 is 1.85 bits per heavy atom. The van der Waals surface area contributed by atoms with Gasteiger partial charge in [0.2, 0.25) is 0 Å². The molecule has 0 saturated heterocycles. The summed E-state index contributed by atoms with van der Waals surface area (Å²) in [5, 5.41) is 2.83. The molecule has 0 atom stereocenters. The second kappa shape index (κ2) is 8.70. The molecule has 1 amide bonds. The van der Waals surface area contributed by atoms with Crippen molar-refractivity contribution < 1.29 is 27.5 Å². The summed E-state index contributed by atoms with van der Waals surface area (Å²) in [5.41, 5.74) is 0.764. The monoisotopic (exact) mass is 384 g/mol. The van der Waals surface area contributed by atoms with Crippen molar-refractivity contribution in [3.63, 3.8) is 0 Å². The maximum absolute atomic E-state index is 12.4. The average molecular weight is 384 g/mol. The van der Waals surface area contributed by atoms with Gasteiger partial charge in [-0.05, 0) is 31.2 Å². The summed E-state index contributed by atoms with van der Waals surface area (Å²) in [6.07, 6.45) is -3.76. The molecule has 0 radical (unpaired) electrons. The van der Waals surface area contributed by atoms with Gasteiger partial charge < -0.3 is 10.1 Å². The van der Waals surface area contributed by atoms with E-state index in [0.717, 1.165) is 23.4 Å². The summed E-state index contributed by atoms with van der Waals surface area (Å²) >= 11 is 0.920. The van der Waals surface area contributed by atoms with E-state index in [4.69, 9.17) is 4.74 Å². The number of aryl methyl sites for hydroxylation is 1. The first-order valence-electron chi connectivity index (χ1n) is 7.42. The zero-order chi connectivity index (χ0) is 19.2. The van der Waals surface area contributed by atoms with Crippen LogP contribution in [-0.4, -0.2) is 29.2 Å². The number of benzene rings is 1. The van der Waals surface area contributed by atoms with Crippen molar-refractivity contribution in [2.75, 3.05) is 17.7 Å². The van der Waals surface area contributed by atoms with E-state index in [2.05, 4.69) is 10.3 Å². The Kier molecular flexibility index (Phi) is 6.62. The number of rotatable bonds is 6. The third-order valence-corrected chi connectivity index (χ3v) is 4.02. The standard InChI is InChI=1S/C17H15F3N2O3S/c1-11-2-5-13(6-3-11)22-14(23)9-25-16(24)10-26-15-7-4-12(8-21-15)17(18,19)20/h2-8H,9-10H2,1H3,(H,22,23). The first-order chi connectivity index (χ1) is 12.2. The SMILES string of the molecule is Cc1ccc(NC(=O)COC(=O)CSc2ccc(C(F)(F)F)cn2)cc1. The minimum Gasteiger partial charge on any atom is -0.455 e. The zero-order valence-electron chi connectivity index (χ0n) is 13.7. The molecule has 2 aromatic rings. The van der Waals surface area contributed by atoms with E-state index >= 15 is 0 Å². The second-order valence-corrected chi connectivity index (χ2v) is 6.24. The Hall–Kier alpha value is -2.55. The van der Waals surface area contributed by atoms with Gasteiger partial charge in [0.1, 0.15) is 0 Å². The molecule has 0 bridgehead atoms. The highest BCUT2D eigenvalue weighted by molar-refractivity contribution is 7.99. The van der Waals surface area contributed by atoms with E-state index in [1.165, 1.54) is 6.07 Å². The molecule has 138 valence electrons. The molecular weight excluding hydrogens is 369 g/mol. The summed E-state index contributed by atoms with van der Waals surface area (Å²) in [6, 6.07) is 9.16. The van der Waals surface area contributed by atoms with Crippen LogP contribution >= 0.6 is 11.8 Å². The van der Waals surface area contributed by atoms with Crippen LogP contribution in [-0.2, 0) is 20.5 Å². The van der Waals surface area contributed by atoms with Crippen LogP contribution in [0.15, 0.2) is 47.6 Å². The van der Waals surface area contributed by atoms with Gasteiger partial charge in [0.05, 0.1) is 16.3 Å². The molecular formula is C17H15F3N2O3S. The van der Waals surface area contributed by atoms with Crippen LogP contribution < -0.4 is 5.32 Å². The zero-order valence-corrected chi connectivity index (χ0v) is 14.5. The molecule has 0 fully saturated rings. The van der Waals surface area contributed by atoms with E-state index in [9.17, 15) is 22.8 Å². The summed E-state index contributed by atoms with van der Waals surface area (Å²) in [4.78, 5) is 26.9. The number of pyridine rings is 1. The van der Waals surface area contributed by atoms with Crippen molar-refractivity contribution in [3.8, 4) is 0 Å². The van der Waals surface area contributed by atoms with Crippen LogP contribution in [0.2, 0.25) is 0 Å². The Morgan fingerprint density at radius 3 is 2.42 bits per heavy atom. The maximum atomic E-state index is 12.4. The summed E-state index contributed by atoms with van der Waals surface area (Å²) in [7, 11) is 0. The van der Waals surface area contributed by atoms with E-state index < -0.39 is 30.2 Å². The number of carbonyl (C=O) groups is 2. The number of amides is 1. The quantitative estimate of drug-likeness (QED) is 0.608. The van der Waals surface area contributed by atoms with Gasteiger partial charge in [-0.25, -0.2) is 4.98 Å². The molecule has 1 aromatic carbocycles. The molecule has 0 aliphatic carbocycles. The molecule has 1 N–H and O–H groups in total. The predicted molar refractivity (Wildman–Crippen MR) is 90.7 cm³/mol.